The van der Waals surface area contributed by atoms with E-state index < -0.39 is 0 Å². The first kappa shape index (κ1) is 15.7. The maximum absolute atomic E-state index is 12.2. The molecule has 2 rings (SSSR count). The Morgan fingerprint density at radius 2 is 2.14 bits per heavy atom. The van der Waals surface area contributed by atoms with Crippen molar-refractivity contribution in [2.75, 3.05) is 6.54 Å². The Kier molecular flexibility index (Phi) is 5.12. The van der Waals surface area contributed by atoms with Gasteiger partial charge in [0.05, 0.1) is 11.8 Å². The van der Waals surface area contributed by atoms with E-state index in [2.05, 4.69) is 22.2 Å². The van der Waals surface area contributed by atoms with Gasteiger partial charge in [0.2, 0.25) is 5.91 Å². The van der Waals surface area contributed by atoms with Crippen LogP contribution in [0.3, 0.4) is 0 Å². The van der Waals surface area contributed by atoms with E-state index in [1.54, 1.807) is 0 Å². The molecule has 0 aromatic carbocycles. The van der Waals surface area contributed by atoms with Crippen LogP contribution >= 0.6 is 11.3 Å². The normalized spacial score (nSPS) is 11.0. The molecule has 2 N–H and O–H groups in total. The molecule has 0 bridgehead atoms. The molecule has 0 aliphatic rings. The second-order valence-corrected chi connectivity index (χ2v) is 6.27. The largest absolute Gasteiger partial charge is 0.356 e. The van der Waals surface area contributed by atoms with E-state index in [0.29, 0.717) is 17.8 Å². The second-order valence-electron chi connectivity index (χ2n) is 5.06. The monoisotopic (exact) mass is 307 g/mol. The molecule has 0 spiro atoms. The molecule has 2 aromatic rings. The molecule has 114 valence electrons. The summed E-state index contributed by atoms with van der Waals surface area (Å²) in [6.45, 7) is 6.77. The van der Waals surface area contributed by atoms with Crippen LogP contribution < -0.4 is 10.9 Å². The van der Waals surface area contributed by atoms with Crippen molar-refractivity contribution < 1.29 is 4.79 Å². The van der Waals surface area contributed by atoms with Crippen LogP contribution in [0.2, 0.25) is 0 Å². The summed E-state index contributed by atoms with van der Waals surface area (Å²) in [6.07, 6.45) is 2.93. The SMILES string of the molecule is CCCCNC(=O)Cc1nc2sc(C)c(CC)c2c(=O)[nH]1. The Bertz CT molecular complexity index is 703. The van der Waals surface area contributed by atoms with Crippen LogP contribution in [0.1, 0.15) is 43.0 Å². The number of aromatic amines is 1. The first-order valence-electron chi connectivity index (χ1n) is 7.34. The van der Waals surface area contributed by atoms with Crippen LogP contribution in [-0.4, -0.2) is 22.4 Å². The van der Waals surface area contributed by atoms with Gasteiger partial charge in [0, 0.05) is 11.4 Å². The number of fused-ring (bicyclic) bond motifs is 1. The summed E-state index contributed by atoms with van der Waals surface area (Å²) in [5.74, 6) is 0.334. The first-order chi connectivity index (χ1) is 10.1. The van der Waals surface area contributed by atoms with Gasteiger partial charge in [0.1, 0.15) is 10.7 Å². The molecule has 0 radical (unpaired) electrons. The number of nitrogens with zero attached hydrogens (tertiary/aromatic N) is 1. The van der Waals surface area contributed by atoms with E-state index in [9.17, 15) is 9.59 Å². The van der Waals surface area contributed by atoms with E-state index in [1.165, 1.54) is 11.3 Å². The predicted molar refractivity (Wildman–Crippen MR) is 86.0 cm³/mol. The lowest BCUT2D eigenvalue weighted by Gasteiger charge is -2.04. The summed E-state index contributed by atoms with van der Waals surface area (Å²) >= 11 is 1.52. The molecule has 6 heteroatoms. The van der Waals surface area contributed by atoms with Gasteiger partial charge in [-0.1, -0.05) is 20.3 Å². The highest BCUT2D eigenvalue weighted by molar-refractivity contribution is 7.18. The quantitative estimate of drug-likeness (QED) is 0.804. The van der Waals surface area contributed by atoms with Gasteiger partial charge in [-0.2, -0.15) is 0 Å². The average molecular weight is 307 g/mol. The van der Waals surface area contributed by atoms with Crippen molar-refractivity contribution >= 4 is 27.5 Å². The zero-order valence-electron chi connectivity index (χ0n) is 12.7. The Morgan fingerprint density at radius 1 is 1.38 bits per heavy atom. The van der Waals surface area contributed by atoms with Crippen molar-refractivity contribution in [2.24, 2.45) is 0 Å². The molecule has 0 atom stereocenters. The van der Waals surface area contributed by atoms with Crippen molar-refractivity contribution in [1.29, 1.82) is 0 Å². The molecule has 2 aromatic heterocycles. The Labute approximate surface area is 127 Å². The topological polar surface area (TPSA) is 74.8 Å². The van der Waals surface area contributed by atoms with Crippen molar-refractivity contribution in [1.82, 2.24) is 15.3 Å². The van der Waals surface area contributed by atoms with Gasteiger partial charge in [-0.05, 0) is 25.3 Å². The third kappa shape index (κ3) is 3.50. The smallest absolute Gasteiger partial charge is 0.259 e. The van der Waals surface area contributed by atoms with Gasteiger partial charge in [0.15, 0.2) is 0 Å². The molecule has 5 nitrogen and oxygen atoms in total. The number of amides is 1. The molecule has 21 heavy (non-hydrogen) atoms. The fourth-order valence-electron chi connectivity index (χ4n) is 2.35. The highest BCUT2D eigenvalue weighted by Gasteiger charge is 2.14. The zero-order valence-corrected chi connectivity index (χ0v) is 13.5. The second kappa shape index (κ2) is 6.85. The lowest BCUT2D eigenvalue weighted by molar-refractivity contribution is -0.120. The van der Waals surface area contributed by atoms with Gasteiger partial charge in [-0.15, -0.1) is 11.3 Å². The fourth-order valence-corrected chi connectivity index (χ4v) is 3.48. The Hall–Kier alpha value is -1.69. The number of hydrogen-bond donors (Lipinski definition) is 2. The van der Waals surface area contributed by atoms with Crippen LogP contribution in [0.4, 0.5) is 0 Å². The van der Waals surface area contributed by atoms with Gasteiger partial charge in [0.25, 0.3) is 5.56 Å². The van der Waals surface area contributed by atoms with E-state index in [1.807, 2.05) is 13.8 Å². The minimum Gasteiger partial charge on any atom is -0.356 e. The number of rotatable bonds is 6. The molecule has 0 unspecified atom stereocenters. The summed E-state index contributed by atoms with van der Waals surface area (Å²) in [5, 5.41) is 3.51. The van der Waals surface area contributed by atoms with Crippen LogP contribution in [0.5, 0.6) is 0 Å². The lowest BCUT2D eigenvalue weighted by atomic mass is 10.1. The third-order valence-corrected chi connectivity index (χ3v) is 4.49. The van der Waals surface area contributed by atoms with E-state index in [-0.39, 0.29) is 17.9 Å². The van der Waals surface area contributed by atoms with Gasteiger partial charge in [-0.25, -0.2) is 4.98 Å². The number of carbonyl (C=O) groups excluding carboxylic acids is 1. The average Bonchev–Trinajstić information content (AvgIpc) is 2.74. The highest BCUT2D eigenvalue weighted by Crippen LogP contribution is 2.27. The highest BCUT2D eigenvalue weighted by atomic mass is 32.1. The maximum Gasteiger partial charge on any atom is 0.259 e. The van der Waals surface area contributed by atoms with Crippen molar-refractivity contribution in [2.45, 2.75) is 46.5 Å². The summed E-state index contributed by atoms with van der Waals surface area (Å²) in [6, 6.07) is 0. The van der Waals surface area contributed by atoms with Crippen LogP contribution in [0, 0.1) is 6.92 Å². The minimum atomic E-state index is -0.141. The third-order valence-electron chi connectivity index (χ3n) is 3.45. The van der Waals surface area contributed by atoms with Gasteiger partial charge >= 0.3 is 0 Å². The maximum atomic E-state index is 12.2. The number of nitrogens with one attached hydrogen (secondary N) is 2. The van der Waals surface area contributed by atoms with E-state index in [0.717, 1.165) is 34.5 Å². The number of aryl methyl sites for hydroxylation is 2. The summed E-state index contributed by atoms with van der Waals surface area (Å²) in [7, 11) is 0. The number of H-pyrrole nitrogens is 1. The van der Waals surface area contributed by atoms with E-state index in [4.69, 9.17) is 0 Å². The molecule has 1 amide bonds. The number of unbranched alkanes of at least 4 members (excludes halogenated alkanes) is 1. The van der Waals surface area contributed by atoms with Crippen molar-refractivity contribution in [3.63, 3.8) is 0 Å². The number of aromatic nitrogens is 2. The molecule has 0 saturated carbocycles. The molecule has 0 aliphatic heterocycles. The van der Waals surface area contributed by atoms with Gasteiger partial charge in [-0.3, -0.25) is 9.59 Å². The summed E-state index contributed by atoms with van der Waals surface area (Å²) < 4.78 is 0. The van der Waals surface area contributed by atoms with E-state index >= 15 is 0 Å². The lowest BCUT2D eigenvalue weighted by Crippen LogP contribution is -2.27. The number of carbonyl (C=O) groups is 1. The molecule has 0 fully saturated rings. The summed E-state index contributed by atoms with van der Waals surface area (Å²) in [5.41, 5.74) is 0.917. The number of hydrogen-bond acceptors (Lipinski definition) is 4. The number of thiophene rings is 1. The Morgan fingerprint density at radius 3 is 2.81 bits per heavy atom. The van der Waals surface area contributed by atoms with Crippen LogP contribution in [-0.2, 0) is 17.6 Å². The van der Waals surface area contributed by atoms with Crippen LogP contribution in [0.25, 0.3) is 10.2 Å². The molecule has 2 heterocycles. The molecule has 0 aliphatic carbocycles. The fraction of sp³-hybridized carbons (Fsp3) is 0.533. The molecular formula is C15H21N3O2S. The van der Waals surface area contributed by atoms with Crippen LogP contribution in [0.15, 0.2) is 4.79 Å². The Balaban J connectivity index is 2.23. The van der Waals surface area contributed by atoms with Crippen molar-refractivity contribution in [3.8, 4) is 0 Å². The standard InChI is InChI=1S/C15H21N3O2S/c1-4-6-7-16-12(19)8-11-17-14(20)13-10(5-2)9(3)21-15(13)18-11/h4-8H2,1-3H3,(H,16,19)(H,17,18,20). The zero-order chi connectivity index (χ0) is 15.4. The molecule has 0 saturated heterocycles. The summed E-state index contributed by atoms with van der Waals surface area (Å²) in [4.78, 5) is 33.0. The predicted octanol–water partition coefficient (Wildman–Crippen LogP) is 2.31. The van der Waals surface area contributed by atoms with Gasteiger partial charge < -0.3 is 10.3 Å². The minimum absolute atomic E-state index is 0.102. The first-order valence-corrected chi connectivity index (χ1v) is 8.16. The van der Waals surface area contributed by atoms with Crippen molar-refractivity contribution in [3.05, 3.63) is 26.6 Å². The molecular weight excluding hydrogens is 286 g/mol.